The maximum Gasteiger partial charge on any atom is 0.172 e. The number of hydrogen-bond donors (Lipinski definition) is 0. The summed E-state index contributed by atoms with van der Waals surface area (Å²) in [4.78, 5) is 14.1. The highest BCUT2D eigenvalue weighted by atomic mass is 28.3. The Bertz CT molecular complexity index is 795. The third-order valence-electron chi connectivity index (χ3n) is 12.4. The molecule has 4 saturated carbocycles. The molecule has 1 heterocycles. The SMILES string of the molecule is CC[C@H]1CC[C@H]2[C@@H]3CC4(OCCO4)[C@H]4CC(C(C)(C)C)CC(C(=O)[SiH](C)C)[C@]4(C)[C@H]3CC[C@]12C. The molecular weight excluding hydrogens is 436 g/mol. The Morgan fingerprint density at radius 1 is 1.00 bits per heavy atom. The number of ether oxygens (including phenoxy) is 2. The molecule has 1 saturated heterocycles. The lowest BCUT2D eigenvalue weighted by Crippen LogP contribution is -2.67. The van der Waals surface area contributed by atoms with Crippen LogP contribution in [0.4, 0.5) is 0 Å². The van der Waals surface area contributed by atoms with Crippen molar-refractivity contribution < 1.29 is 14.3 Å². The second-order valence-corrected chi connectivity index (χ2v) is 17.8. The molecule has 1 aliphatic heterocycles. The van der Waals surface area contributed by atoms with E-state index in [0.717, 1.165) is 44.3 Å². The number of carbonyl (C=O) groups is 1. The van der Waals surface area contributed by atoms with E-state index in [1.807, 2.05) is 0 Å². The van der Waals surface area contributed by atoms with Gasteiger partial charge in [0.1, 0.15) is 14.2 Å². The van der Waals surface area contributed by atoms with Crippen LogP contribution in [-0.4, -0.2) is 33.2 Å². The first kappa shape index (κ1) is 25.5. The summed E-state index contributed by atoms with van der Waals surface area (Å²) in [6, 6.07) is 0. The Hall–Kier alpha value is -0.193. The van der Waals surface area contributed by atoms with E-state index in [-0.39, 0.29) is 16.7 Å². The molecule has 194 valence electrons. The van der Waals surface area contributed by atoms with Gasteiger partial charge in [-0.05, 0) is 84.4 Å². The van der Waals surface area contributed by atoms with Crippen LogP contribution in [0, 0.1) is 57.7 Å². The molecule has 5 fully saturated rings. The first-order valence-electron chi connectivity index (χ1n) is 14.7. The van der Waals surface area contributed by atoms with Crippen molar-refractivity contribution in [2.24, 2.45) is 57.7 Å². The van der Waals surface area contributed by atoms with E-state index in [1.165, 1.54) is 32.1 Å². The fourth-order valence-electron chi connectivity index (χ4n) is 10.5. The highest BCUT2D eigenvalue weighted by Crippen LogP contribution is 2.72. The minimum absolute atomic E-state index is 0.00892. The zero-order valence-corrected chi connectivity index (χ0v) is 24.6. The Morgan fingerprint density at radius 3 is 2.26 bits per heavy atom. The van der Waals surface area contributed by atoms with Crippen LogP contribution in [0.15, 0.2) is 0 Å². The summed E-state index contributed by atoms with van der Waals surface area (Å²) in [5.74, 6) is 3.55. The molecule has 1 spiro atoms. The van der Waals surface area contributed by atoms with Gasteiger partial charge in [-0.25, -0.2) is 0 Å². The monoisotopic (exact) mass is 488 g/mol. The van der Waals surface area contributed by atoms with E-state index < -0.39 is 14.6 Å². The van der Waals surface area contributed by atoms with Gasteiger partial charge in [0.25, 0.3) is 0 Å². The fourth-order valence-corrected chi connectivity index (χ4v) is 11.8. The van der Waals surface area contributed by atoms with Gasteiger partial charge in [-0.1, -0.05) is 61.1 Å². The number of carbonyl (C=O) groups excluding carboxylic acids is 1. The summed E-state index contributed by atoms with van der Waals surface area (Å²) in [6.07, 6.45) is 10.1. The van der Waals surface area contributed by atoms with Crippen molar-refractivity contribution in [3.8, 4) is 0 Å². The van der Waals surface area contributed by atoms with E-state index in [0.29, 0.717) is 34.5 Å². The van der Waals surface area contributed by atoms with Crippen LogP contribution < -0.4 is 0 Å². The minimum Gasteiger partial charge on any atom is -0.347 e. The summed E-state index contributed by atoms with van der Waals surface area (Å²) in [5.41, 5.74) is 0.683. The second kappa shape index (κ2) is 8.41. The van der Waals surface area contributed by atoms with Crippen molar-refractivity contribution in [2.75, 3.05) is 13.2 Å². The van der Waals surface area contributed by atoms with Crippen LogP contribution in [0.25, 0.3) is 0 Å². The van der Waals surface area contributed by atoms with Crippen LogP contribution in [0.2, 0.25) is 13.1 Å². The molecule has 0 aromatic heterocycles. The summed E-state index contributed by atoms with van der Waals surface area (Å²) >= 11 is 0. The van der Waals surface area contributed by atoms with Gasteiger partial charge in [-0.2, -0.15) is 0 Å². The minimum atomic E-state index is -1.40. The van der Waals surface area contributed by atoms with Crippen LogP contribution in [-0.2, 0) is 14.3 Å². The summed E-state index contributed by atoms with van der Waals surface area (Å²) in [7, 11) is -1.40. The summed E-state index contributed by atoms with van der Waals surface area (Å²) < 4.78 is 13.5. The largest absolute Gasteiger partial charge is 0.347 e. The molecule has 4 heteroatoms. The third-order valence-corrected chi connectivity index (χ3v) is 14.0. The Balaban J connectivity index is 1.62. The maximum atomic E-state index is 14.1. The van der Waals surface area contributed by atoms with E-state index in [2.05, 4.69) is 54.6 Å². The van der Waals surface area contributed by atoms with Crippen molar-refractivity contribution >= 4 is 14.2 Å². The molecule has 3 nitrogen and oxygen atoms in total. The zero-order valence-electron chi connectivity index (χ0n) is 23.4. The van der Waals surface area contributed by atoms with Gasteiger partial charge in [0.15, 0.2) is 5.79 Å². The average Bonchev–Trinajstić information content (AvgIpc) is 3.36. The van der Waals surface area contributed by atoms with E-state index in [9.17, 15) is 4.79 Å². The van der Waals surface area contributed by atoms with E-state index in [1.54, 1.807) is 0 Å². The van der Waals surface area contributed by atoms with E-state index in [4.69, 9.17) is 9.47 Å². The van der Waals surface area contributed by atoms with Crippen LogP contribution >= 0.6 is 0 Å². The van der Waals surface area contributed by atoms with Crippen molar-refractivity contribution in [3.05, 3.63) is 0 Å². The zero-order chi connectivity index (χ0) is 24.7. The number of fused-ring (bicyclic) bond motifs is 6. The predicted molar refractivity (Wildman–Crippen MR) is 141 cm³/mol. The first-order chi connectivity index (χ1) is 15.9. The van der Waals surface area contributed by atoms with Crippen LogP contribution in [0.1, 0.15) is 92.9 Å². The lowest BCUT2D eigenvalue weighted by atomic mass is 9.39. The van der Waals surface area contributed by atoms with Crippen molar-refractivity contribution in [3.63, 3.8) is 0 Å². The van der Waals surface area contributed by atoms with E-state index >= 15 is 0 Å². The molecule has 0 N–H and O–H groups in total. The van der Waals surface area contributed by atoms with Crippen LogP contribution in [0.5, 0.6) is 0 Å². The number of rotatable bonds is 3. The normalized spacial score (nSPS) is 48.0. The molecular formula is C30H52O3Si. The van der Waals surface area contributed by atoms with Gasteiger partial charge in [0, 0.05) is 18.3 Å². The van der Waals surface area contributed by atoms with Gasteiger partial charge in [0.2, 0.25) is 0 Å². The highest BCUT2D eigenvalue weighted by Gasteiger charge is 2.70. The molecule has 5 rings (SSSR count). The summed E-state index contributed by atoms with van der Waals surface area (Å²) in [5, 5.41) is 0.640. The molecule has 0 radical (unpaired) electrons. The second-order valence-electron chi connectivity index (χ2n) is 14.9. The molecule has 0 aromatic carbocycles. The highest BCUT2D eigenvalue weighted by molar-refractivity contribution is 6.88. The average molecular weight is 489 g/mol. The molecule has 0 aromatic rings. The molecule has 34 heavy (non-hydrogen) atoms. The van der Waals surface area contributed by atoms with Gasteiger partial charge in [-0.15, -0.1) is 0 Å². The van der Waals surface area contributed by atoms with Gasteiger partial charge in [0.05, 0.1) is 13.2 Å². The Kier molecular flexibility index (Phi) is 6.30. The lowest BCUT2D eigenvalue weighted by molar-refractivity contribution is -0.305. The molecule has 9 atom stereocenters. The Morgan fingerprint density at radius 2 is 1.68 bits per heavy atom. The first-order valence-corrected chi connectivity index (χ1v) is 17.6. The standard InChI is InChI=1S/C30H52O3Si/c1-9-19-10-11-22-21-18-30(32-14-15-33-30)25-17-20(27(2,3)4)16-24(26(31)34(7)8)29(25,6)23(21)12-13-28(19,22)5/h19-25,34H,9-18H2,1-8H3/t19-,20?,21-,22-,23-,24?,25-,28+,29-/m0/s1. The van der Waals surface area contributed by atoms with Crippen LogP contribution in [0.3, 0.4) is 0 Å². The summed E-state index contributed by atoms with van der Waals surface area (Å²) in [6.45, 7) is 20.7. The van der Waals surface area contributed by atoms with Gasteiger partial charge in [-0.3, -0.25) is 0 Å². The van der Waals surface area contributed by atoms with Gasteiger partial charge >= 0.3 is 0 Å². The maximum absolute atomic E-state index is 14.1. The lowest BCUT2D eigenvalue weighted by Gasteiger charge is -2.67. The third kappa shape index (κ3) is 3.50. The topological polar surface area (TPSA) is 35.5 Å². The molecule has 2 unspecified atom stereocenters. The fraction of sp³-hybridized carbons (Fsp3) is 0.967. The molecule has 0 amide bonds. The molecule has 0 bridgehead atoms. The van der Waals surface area contributed by atoms with Crippen molar-refractivity contribution in [2.45, 2.75) is 112 Å². The van der Waals surface area contributed by atoms with Gasteiger partial charge < -0.3 is 14.3 Å². The van der Waals surface area contributed by atoms with Crippen molar-refractivity contribution in [1.29, 1.82) is 0 Å². The predicted octanol–water partition coefficient (Wildman–Crippen LogP) is 6.89. The quantitative estimate of drug-likeness (QED) is 0.406. The van der Waals surface area contributed by atoms with Crippen molar-refractivity contribution in [1.82, 2.24) is 0 Å². The Labute approximate surface area is 211 Å². The molecule has 5 aliphatic rings. The molecule has 4 aliphatic carbocycles. The number of hydrogen-bond acceptors (Lipinski definition) is 3. The smallest absolute Gasteiger partial charge is 0.172 e.